The summed E-state index contributed by atoms with van der Waals surface area (Å²) in [6.45, 7) is 6.79. The molecule has 11 heteroatoms. The molecule has 5 rings (SSSR count). The van der Waals surface area contributed by atoms with Crippen molar-refractivity contribution < 1.29 is 14.0 Å². The van der Waals surface area contributed by atoms with E-state index in [1.807, 2.05) is 17.0 Å². The van der Waals surface area contributed by atoms with Crippen LogP contribution in [0, 0.1) is 17.7 Å². The van der Waals surface area contributed by atoms with E-state index in [2.05, 4.69) is 46.7 Å². The van der Waals surface area contributed by atoms with Crippen molar-refractivity contribution >= 4 is 29.1 Å². The van der Waals surface area contributed by atoms with Crippen LogP contribution < -0.4 is 5.32 Å². The van der Waals surface area contributed by atoms with Crippen molar-refractivity contribution in [2.24, 2.45) is 16.8 Å². The van der Waals surface area contributed by atoms with Crippen molar-refractivity contribution in [3.63, 3.8) is 0 Å². The predicted octanol–water partition coefficient (Wildman–Crippen LogP) is 6.03. The number of aromatic nitrogens is 4. The summed E-state index contributed by atoms with van der Waals surface area (Å²) in [6.07, 6.45) is 6.12. The van der Waals surface area contributed by atoms with Crippen LogP contribution in [0.5, 0.6) is 0 Å². The summed E-state index contributed by atoms with van der Waals surface area (Å²) >= 11 is 6.13. The normalized spacial score (nSPS) is 21.2. The zero-order valence-corrected chi connectivity index (χ0v) is 25.0. The number of nitrogens with zero attached hydrogens (tertiary/aromatic N) is 5. The van der Waals surface area contributed by atoms with Gasteiger partial charge in [0.1, 0.15) is 17.2 Å². The van der Waals surface area contributed by atoms with Crippen molar-refractivity contribution in [1.29, 1.82) is 0 Å². The Morgan fingerprint density at radius 1 is 1.19 bits per heavy atom. The van der Waals surface area contributed by atoms with Gasteiger partial charge in [-0.3, -0.25) is 14.6 Å². The van der Waals surface area contributed by atoms with Gasteiger partial charge in [-0.1, -0.05) is 62.6 Å². The quantitative estimate of drug-likeness (QED) is 0.298. The number of carbonyl (C=O) groups is 2. The molecule has 2 aromatic carbocycles. The second-order valence-corrected chi connectivity index (χ2v) is 12.0. The fourth-order valence-corrected chi connectivity index (χ4v) is 6.40. The molecule has 42 heavy (non-hydrogen) atoms. The third-order valence-corrected chi connectivity index (χ3v) is 8.94. The van der Waals surface area contributed by atoms with E-state index in [9.17, 15) is 14.0 Å². The van der Waals surface area contributed by atoms with Crippen molar-refractivity contribution in [1.82, 2.24) is 30.8 Å². The number of amides is 2. The third-order valence-electron chi connectivity index (χ3n) is 8.65. The van der Waals surface area contributed by atoms with E-state index in [1.165, 1.54) is 12.1 Å². The second-order valence-electron chi connectivity index (χ2n) is 11.6. The fraction of sp³-hybridized carbons (Fsp3) is 0.484. The highest BCUT2D eigenvalue weighted by atomic mass is 35.5. The number of carbonyl (C=O) groups excluding carboxylic acids is 2. The fourth-order valence-electron chi connectivity index (χ4n) is 6.22. The molecule has 2 N–H and O–H groups in total. The van der Waals surface area contributed by atoms with Crippen molar-refractivity contribution in [2.45, 2.75) is 84.0 Å². The first-order chi connectivity index (χ1) is 20.2. The van der Waals surface area contributed by atoms with Crippen LogP contribution in [0.25, 0.3) is 0 Å². The Bertz CT molecular complexity index is 1430. The second kappa shape index (κ2) is 12.7. The molecule has 1 spiro atoms. The van der Waals surface area contributed by atoms with Crippen molar-refractivity contribution in [2.75, 3.05) is 0 Å². The molecule has 1 fully saturated rings. The average Bonchev–Trinajstić information content (AvgIpc) is 3.61. The highest BCUT2D eigenvalue weighted by molar-refractivity contribution is 6.47. The summed E-state index contributed by atoms with van der Waals surface area (Å²) in [4.78, 5) is 34.2. The first-order valence-corrected chi connectivity index (χ1v) is 15.1. The average molecular weight is 594 g/mol. The van der Waals surface area contributed by atoms with Crippen LogP contribution >= 0.6 is 11.6 Å². The van der Waals surface area contributed by atoms with E-state index >= 15 is 0 Å². The van der Waals surface area contributed by atoms with Gasteiger partial charge in [0.05, 0.1) is 17.6 Å². The van der Waals surface area contributed by atoms with Crippen LogP contribution in [-0.4, -0.2) is 48.7 Å². The lowest BCUT2D eigenvalue weighted by molar-refractivity contribution is -0.133. The molecule has 0 radical (unpaired) electrons. The summed E-state index contributed by atoms with van der Waals surface area (Å²) in [6, 6.07) is 11.5. The first kappa shape index (κ1) is 29.8. The predicted molar refractivity (Wildman–Crippen MR) is 158 cm³/mol. The zero-order valence-electron chi connectivity index (χ0n) is 24.2. The number of aromatic amines is 1. The third kappa shape index (κ3) is 6.09. The van der Waals surface area contributed by atoms with Gasteiger partial charge in [-0.2, -0.15) is 5.21 Å². The Morgan fingerprint density at radius 2 is 1.93 bits per heavy atom. The minimum absolute atomic E-state index is 0.0326. The number of benzene rings is 2. The van der Waals surface area contributed by atoms with E-state index in [1.54, 1.807) is 18.2 Å². The zero-order chi connectivity index (χ0) is 29.9. The van der Waals surface area contributed by atoms with Gasteiger partial charge in [-0.05, 0) is 79.8 Å². The lowest BCUT2D eigenvalue weighted by Crippen LogP contribution is -2.51. The van der Waals surface area contributed by atoms with Crippen LogP contribution in [0.1, 0.15) is 99.1 Å². The smallest absolute Gasteiger partial charge is 0.275 e. The Kier molecular flexibility index (Phi) is 9.01. The molecule has 1 saturated carbocycles. The molecule has 9 nitrogen and oxygen atoms in total. The Hall–Kier alpha value is -3.66. The Labute approximate surface area is 250 Å². The number of H-pyrrole nitrogens is 1. The summed E-state index contributed by atoms with van der Waals surface area (Å²) in [5.74, 6) is 0.577. The first-order valence-electron chi connectivity index (χ1n) is 14.7. The van der Waals surface area contributed by atoms with Gasteiger partial charge >= 0.3 is 0 Å². The van der Waals surface area contributed by atoms with Crippen LogP contribution in [0.3, 0.4) is 0 Å². The number of nitrogens with one attached hydrogen (secondary N) is 2. The molecule has 0 bridgehead atoms. The monoisotopic (exact) mass is 593 g/mol. The number of aliphatic imine (C=N–C) groups is 1. The lowest BCUT2D eigenvalue weighted by atomic mass is 9.76. The number of halogens is 2. The van der Waals surface area contributed by atoms with E-state index < -0.39 is 11.5 Å². The van der Waals surface area contributed by atoms with Crippen LogP contribution in [0.4, 0.5) is 4.39 Å². The maximum absolute atomic E-state index is 14.3. The van der Waals surface area contributed by atoms with Crippen LogP contribution in [-0.2, 0) is 11.3 Å². The summed E-state index contributed by atoms with van der Waals surface area (Å²) in [5, 5.41) is 16.3. The molecule has 1 atom stereocenters. The molecule has 222 valence electrons. The van der Waals surface area contributed by atoms with Gasteiger partial charge in [0.2, 0.25) is 0 Å². The number of rotatable bonds is 10. The van der Waals surface area contributed by atoms with Gasteiger partial charge in [0, 0.05) is 11.1 Å². The number of hydrogen-bond donors (Lipinski definition) is 2. The molecule has 0 saturated heterocycles. The molecule has 2 heterocycles. The molecule has 1 aromatic heterocycles. The van der Waals surface area contributed by atoms with Gasteiger partial charge in [-0.25, -0.2) is 4.39 Å². The largest absolute Gasteiger partial charge is 0.345 e. The van der Waals surface area contributed by atoms with Crippen molar-refractivity contribution in [3.05, 3.63) is 75.8 Å². The molecule has 0 unspecified atom stereocenters. The maximum atomic E-state index is 14.3. The number of tetrazole rings is 1. The molecule has 1 aliphatic carbocycles. The van der Waals surface area contributed by atoms with Crippen LogP contribution in [0.15, 0.2) is 47.5 Å². The molecular formula is C31H37ClFN7O2. The summed E-state index contributed by atoms with van der Waals surface area (Å²) in [7, 11) is 0. The summed E-state index contributed by atoms with van der Waals surface area (Å²) < 4.78 is 14.0. The highest BCUT2D eigenvalue weighted by Gasteiger charge is 2.52. The van der Waals surface area contributed by atoms with Crippen molar-refractivity contribution in [3.8, 4) is 0 Å². The standard InChI is InChI=1S/C31H37ClFN7O2/c1-4-5-6-26(21-7-9-22(10-8-21)29(41)34-18-27-36-38-39-37-27)40-30(42)28(23-11-12-25(33)24(32)17-23)35-31(40)15-13-20(14-16-31)19(2)3/h7-12,17,19-20,26H,4-6,13-16,18H2,1-3H3,(H,34,41)(H,36,37,38,39)/t20?,26-,31?/m1/s1. The SMILES string of the molecule is CCCC[C@H](c1ccc(C(=O)NCc2nn[nH]n2)cc1)N1C(=O)C(c2ccc(F)c(Cl)c2)=NC12CCC(C(C)C)CC2. The van der Waals surface area contributed by atoms with Crippen LogP contribution in [0.2, 0.25) is 5.02 Å². The molecular weight excluding hydrogens is 557 g/mol. The van der Waals surface area contributed by atoms with E-state index in [0.29, 0.717) is 34.5 Å². The topological polar surface area (TPSA) is 116 Å². The molecule has 2 amide bonds. The van der Waals surface area contributed by atoms with Gasteiger partial charge in [-0.15, -0.1) is 10.2 Å². The van der Waals surface area contributed by atoms with Gasteiger partial charge < -0.3 is 10.2 Å². The summed E-state index contributed by atoms with van der Waals surface area (Å²) in [5.41, 5.74) is 1.62. The molecule has 3 aromatic rings. The number of hydrogen-bond acceptors (Lipinski definition) is 6. The molecule has 2 aliphatic rings. The lowest BCUT2D eigenvalue weighted by Gasteiger charge is -2.46. The highest BCUT2D eigenvalue weighted by Crippen LogP contribution is 2.48. The van der Waals surface area contributed by atoms with Gasteiger partial charge in [0.25, 0.3) is 11.8 Å². The molecule has 1 aliphatic heterocycles. The Morgan fingerprint density at radius 3 is 2.55 bits per heavy atom. The van der Waals surface area contributed by atoms with Gasteiger partial charge in [0.15, 0.2) is 5.82 Å². The maximum Gasteiger partial charge on any atom is 0.275 e. The Balaban J connectivity index is 1.47. The van der Waals surface area contributed by atoms with E-state index in [-0.39, 0.29) is 29.4 Å². The van der Waals surface area contributed by atoms with E-state index in [0.717, 1.165) is 50.5 Å². The minimum atomic E-state index is -0.683. The minimum Gasteiger partial charge on any atom is -0.345 e. The number of unbranched alkanes of at least 4 members (excludes halogenated alkanes) is 1. The van der Waals surface area contributed by atoms with E-state index in [4.69, 9.17) is 16.6 Å².